The van der Waals surface area contributed by atoms with Crippen molar-refractivity contribution in [2.75, 3.05) is 0 Å². The number of hydrogen-bond donors (Lipinski definition) is 0. The molecule has 0 fully saturated rings. The highest BCUT2D eigenvalue weighted by molar-refractivity contribution is 6.30. The Morgan fingerprint density at radius 2 is 1.92 bits per heavy atom. The van der Waals surface area contributed by atoms with Crippen LogP contribution >= 0.6 is 11.6 Å². The van der Waals surface area contributed by atoms with Crippen LogP contribution in [-0.4, -0.2) is 4.98 Å². The Bertz CT molecular complexity index is 291. The zero-order valence-electron chi connectivity index (χ0n) is 7.36. The highest BCUT2D eigenvalue weighted by Crippen LogP contribution is 2.22. The lowest BCUT2D eigenvalue weighted by Crippen LogP contribution is -2.14. The first-order valence-corrected chi connectivity index (χ1v) is 4.11. The molecule has 0 spiro atoms. The van der Waals surface area contributed by atoms with Crippen LogP contribution in [0.5, 0.6) is 0 Å². The Hall–Kier alpha value is -0.630. The van der Waals surface area contributed by atoms with Crippen LogP contribution in [0.3, 0.4) is 0 Å². The zero-order chi connectivity index (χ0) is 9.35. The molecule has 1 aromatic heterocycles. The molecule has 3 heteroatoms. The monoisotopic (exact) mass is 187 g/mol. The predicted molar refractivity (Wildman–Crippen MR) is 47.9 cm³/mol. The van der Waals surface area contributed by atoms with Crippen molar-refractivity contribution in [2.45, 2.75) is 26.2 Å². The Balaban J connectivity index is 3.14. The average Bonchev–Trinajstić information content (AvgIpc) is 1.92. The summed E-state index contributed by atoms with van der Waals surface area (Å²) in [4.78, 5) is 3.75. The van der Waals surface area contributed by atoms with E-state index < -0.39 is 5.95 Å². The summed E-state index contributed by atoms with van der Waals surface area (Å²) in [6.45, 7) is 5.92. The number of halogens is 2. The molecule has 0 aliphatic heterocycles. The van der Waals surface area contributed by atoms with Gasteiger partial charge in [-0.15, -0.1) is 0 Å². The van der Waals surface area contributed by atoms with Gasteiger partial charge in [0.25, 0.3) is 0 Å². The van der Waals surface area contributed by atoms with Crippen LogP contribution in [-0.2, 0) is 5.41 Å². The van der Waals surface area contributed by atoms with Gasteiger partial charge in [0.15, 0.2) is 0 Å². The van der Waals surface area contributed by atoms with Crippen LogP contribution in [0.15, 0.2) is 12.1 Å². The molecule has 1 rings (SSSR count). The van der Waals surface area contributed by atoms with Gasteiger partial charge in [-0.25, -0.2) is 4.98 Å². The highest BCUT2D eigenvalue weighted by Gasteiger charge is 2.16. The predicted octanol–water partition coefficient (Wildman–Crippen LogP) is 3.17. The van der Waals surface area contributed by atoms with Crippen molar-refractivity contribution < 1.29 is 4.39 Å². The summed E-state index contributed by atoms with van der Waals surface area (Å²) >= 11 is 5.49. The lowest BCUT2D eigenvalue weighted by atomic mass is 9.92. The smallest absolute Gasteiger partial charge is 0.223 e. The normalized spacial score (nSPS) is 11.8. The maximum absolute atomic E-state index is 12.9. The van der Waals surface area contributed by atoms with E-state index in [1.807, 2.05) is 20.8 Å². The third-order valence-corrected chi connectivity index (χ3v) is 1.85. The molecular weight excluding hydrogens is 177 g/mol. The molecule has 66 valence electrons. The molecule has 0 aromatic carbocycles. The zero-order valence-corrected chi connectivity index (χ0v) is 8.11. The molecule has 1 aromatic rings. The molecule has 0 aliphatic carbocycles. The number of pyridine rings is 1. The van der Waals surface area contributed by atoms with E-state index in [-0.39, 0.29) is 10.4 Å². The minimum atomic E-state index is -0.593. The second-order valence-corrected chi connectivity index (χ2v) is 4.13. The third kappa shape index (κ3) is 1.95. The van der Waals surface area contributed by atoms with E-state index in [2.05, 4.69) is 4.98 Å². The van der Waals surface area contributed by atoms with Gasteiger partial charge in [0.05, 0.1) is 5.02 Å². The largest absolute Gasteiger partial charge is 0.231 e. The van der Waals surface area contributed by atoms with Gasteiger partial charge in [-0.05, 0) is 12.1 Å². The fourth-order valence-corrected chi connectivity index (χ4v) is 0.940. The lowest BCUT2D eigenvalue weighted by Gasteiger charge is -2.17. The summed E-state index contributed by atoms with van der Waals surface area (Å²) in [5.74, 6) is -0.593. The summed E-state index contributed by atoms with van der Waals surface area (Å²) in [6.07, 6.45) is 0. The van der Waals surface area contributed by atoms with E-state index in [9.17, 15) is 4.39 Å². The highest BCUT2D eigenvalue weighted by atomic mass is 35.5. The topological polar surface area (TPSA) is 12.9 Å². The molecule has 0 amide bonds. The van der Waals surface area contributed by atoms with Crippen molar-refractivity contribution in [2.24, 2.45) is 0 Å². The molecule has 0 saturated heterocycles. The molecule has 1 heterocycles. The van der Waals surface area contributed by atoms with Gasteiger partial charge in [0.2, 0.25) is 5.95 Å². The first-order valence-electron chi connectivity index (χ1n) is 3.74. The molecule has 12 heavy (non-hydrogen) atoms. The quantitative estimate of drug-likeness (QED) is 0.569. The fourth-order valence-electron chi connectivity index (χ4n) is 0.835. The first kappa shape index (κ1) is 9.46. The molecule has 0 radical (unpaired) electrons. The van der Waals surface area contributed by atoms with Gasteiger partial charge in [-0.2, -0.15) is 4.39 Å². The Kier molecular flexibility index (Phi) is 2.38. The molecular formula is C9H11ClFN. The second kappa shape index (κ2) is 3.02. The van der Waals surface area contributed by atoms with Crippen molar-refractivity contribution in [3.8, 4) is 0 Å². The van der Waals surface area contributed by atoms with Crippen LogP contribution < -0.4 is 0 Å². The molecule has 0 unspecified atom stereocenters. The molecule has 0 saturated carbocycles. The minimum Gasteiger partial charge on any atom is -0.223 e. The van der Waals surface area contributed by atoms with E-state index in [1.165, 1.54) is 6.07 Å². The van der Waals surface area contributed by atoms with E-state index >= 15 is 0 Å². The van der Waals surface area contributed by atoms with Crippen LogP contribution in [0.1, 0.15) is 26.5 Å². The molecule has 0 atom stereocenters. The van der Waals surface area contributed by atoms with Crippen molar-refractivity contribution in [1.82, 2.24) is 4.98 Å². The summed E-state index contributed by atoms with van der Waals surface area (Å²) < 4.78 is 12.9. The summed E-state index contributed by atoms with van der Waals surface area (Å²) in [7, 11) is 0. The van der Waals surface area contributed by atoms with E-state index in [1.54, 1.807) is 6.07 Å². The van der Waals surface area contributed by atoms with Crippen molar-refractivity contribution in [3.05, 3.63) is 28.8 Å². The molecule has 0 aliphatic rings. The average molecular weight is 188 g/mol. The maximum atomic E-state index is 12.9. The standard InChI is InChI=1S/C9H11ClFN/c1-9(2,3)7-5-4-6(10)8(11)12-7/h4-5H,1-3H3. The maximum Gasteiger partial charge on any atom is 0.231 e. The van der Waals surface area contributed by atoms with Gasteiger partial charge >= 0.3 is 0 Å². The first-order chi connectivity index (χ1) is 5.41. The number of rotatable bonds is 0. The minimum absolute atomic E-state index is 0.0722. The number of nitrogens with zero attached hydrogens (tertiary/aromatic N) is 1. The van der Waals surface area contributed by atoms with Crippen molar-refractivity contribution in [1.29, 1.82) is 0 Å². The second-order valence-electron chi connectivity index (χ2n) is 3.72. The van der Waals surface area contributed by atoms with Crippen LogP contribution in [0.4, 0.5) is 4.39 Å². The third-order valence-electron chi connectivity index (χ3n) is 1.57. The van der Waals surface area contributed by atoms with Gasteiger partial charge in [0.1, 0.15) is 0 Å². The van der Waals surface area contributed by atoms with E-state index in [4.69, 9.17) is 11.6 Å². The van der Waals surface area contributed by atoms with Crippen molar-refractivity contribution in [3.63, 3.8) is 0 Å². The van der Waals surface area contributed by atoms with Crippen molar-refractivity contribution >= 4 is 11.6 Å². The molecule has 0 N–H and O–H groups in total. The van der Waals surface area contributed by atoms with Crippen LogP contribution in [0.25, 0.3) is 0 Å². The van der Waals surface area contributed by atoms with Gasteiger partial charge in [-0.3, -0.25) is 0 Å². The molecule has 1 nitrogen and oxygen atoms in total. The SMILES string of the molecule is CC(C)(C)c1ccc(Cl)c(F)n1. The van der Waals surface area contributed by atoms with Gasteiger partial charge in [-0.1, -0.05) is 32.4 Å². The number of hydrogen-bond acceptors (Lipinski definition) is 1. The molecule has 0 bridgehead atoms. The Morgan fingerprint density at radius 1 is 1.33 bits per heavy atom. The lowest BCUT2D eigenvalue weighted by molar-refractivity contribution is 0.523. The van der Waals surface area contributed by atoms with Crippen LogP contribution in [0.2, 0.25) is 5.02 Å². The van der Waals surface area contributed by atoms with Crippen LogP contribution in [0, 0.1) is 5.95 Å². The van der Waals surface area contributed by atoms with Gasteiger partial charge < -0.3 is 0 Å². The van der Waals surface area contributed by atoms with E-state index in [0.717, 1.165) is 0 Å². The summed E-state index contributed by atoms with van der Waals surface area (Å²) in [5.41, 5.74) is 0.579. The summed E-state index contributed by atoms with van der Waals surface area (Å²) in [6, 6.07) is 3.27. The fraction of sp³-hybridized carbons (Fsp3) is 0.444. The van der Waals surface area contributed by atoms with E-state index in [0.29, 0.717) is 5.69 Å². The number of aromatic nitrogens is 1. The Morgan fingerprint density at radius 3 is 2.33 bits per heavy atom. The van der Waals surface area contributed by atoms with Gasteiger partial charge in [0, 0.05) is 11.1 Å². The summed E-state index contributed by atoms with van der Waals surface area (Å²) in [5, 5.41) is 0.0722. The Labute approximate surface area is 76.6 Å².